The minimum absolute atomic E-state index is 0.0393. The quantitative estimate of drug-likeness (QED) is 0.604. The van der Waals surface area contributed by atoms with Crippen molar-refractivity contribution in [2.45, 2.75) is 65.4 Å². The smallest absolute Gasteiger partial charge is 0.434 e. The molecule has 132 valence electrons. The molecule has 0 heterocycles. The van der Waals surface area contributed by atoms with E-state index in [1.165, 1.54) is 6.42 Å². The first kappa shape index (κ1) is 18.3. The second kappa shape index (κ2) is 8.18. The first-order valence-electron chi connectivity index (χ1n) is 9.05. The van der Waals surface area contributed by atoms with Gasteiger partial charge in [0.25, 0.3) is 0 Å². The van der Waals surface area contributed by atoms with Gasteiger partial charge in [-0.15, -0.1) is 0 Å². The highest BCUT2D eigenvalue weighted by Gasteiger charge is 2.35. The second-order valence-electron chi connectivity index (χ2n) is 7.89. The topological polar surface area (TPSA) is 55.8 Å². The van der Waals surface area contributed by atoms with Crippen LogP contribution in [0.15, 0.2) is 12.2 Å². The number of hydrogen-bond acceptors (Lipinski definition) is 4. The van der Waals surface area contributed by atoms with E-state index in [4.69, 9.17) is 9.47 Å². The van der Waals surface area contributed by atoms with Crippen LogP contribution in [-0.2, 0) is 9.47 Å². The van der Waals surface area contributed by atoms with Gasteiger partial charge in [0.1, 0.15) is 12.7 Å². The van der Waals surface area contributed by atoms with E-state index in [1.807, 2.05) is 0 Å². The maximum absolute atomic E-state index is 12.1. The molecule has 0 aromatic carbocycles. The number of carbonyl (C=O) groups excluding carboxylic acids is 1. The van der Waals surface area contributed by atoms with Crippen molar-refractivity contribution in [1.82, 2.24) is 0 Å². The highest BCUT2D eigenvalue weighted by molar-refractivity contribution is 5.60. The lowest BCUT2D eigenvalue weighted by Crippen LogP contribution is -2.38. The second-order valence-corrected chi connectivity index (χ2v) is 7.89. The number of rotatable bonds is 5. The van der Waals surface area contributed by atoms with Crippen LogP contribution in [0.25, 0.3) is 0 Å². The molecule has 0 amide bonds. The van der Waals surface area contributed by atoms with E-state index in [2.05, 4.69) is 32.9 Å². The van der Waals surface area contributed by atoms with Crippen LogP contribution in [0.4, 0.5) is 4.79 Å². The molecule has 0 radical (unpaired) electrons. The van der Waals surface area contributed by atoms with Gasteiger partial charge in [-0.3, -0.25) is 0 Å². The maximum Gasteiger partial charge on any atom is 0.508 e. The molecule has 0 aromatic heterocycles. The standard InChI is InChI=1S/C19H32O4/c1-14(2)16-8-7-15(3)11-17(16)23-18(21)22-13-19(12-20)9-5-4-6-10-19/h4-5,14-17,20H,6-13H2,1-3H3. The SMILES string of the molecule is CC1CCC(C(C)C)C(OC(=O)OCC2(CO)CC=CCC2)C1. The Kier molecular flexibility index (Phi) is 6.51. The van der Waals surface area contributed by atoms with Crippen molar-refractivity contribution < 1.29 is 19.4 Å². The van der Waals surface area contributed by atoms with Gasteiger partial charge in [-0.1, -0.05) is 39.3 Å². The molecule has 4 atom stereocenters. The summed E-state index contributed by atoms with van der Waals surface area (Å²) in [5.41, 5.74) is -0.328. The highest BCUT2D eigenvalue weighted by atomic mass is 16.7. The Balaban J connectivity index is 1.86. The molecule has 4 unspecified atom stereocenters. The van der Waals surface area contributed by atoms with Gasteiger partial charge in [0, 0.05) is 5.41 Å². The van der Waals surface area contributed by atoms with Crippen LogP contribution in [0.5, 0.6) is 0 Å². The Hall–Kier alpha value is -1.03. The van der Waals surface area contributed by atoms with Crippen LogP contribution < -0.4 is 0 Å². The van der Waals surface area contributed by atoms with Gasteiger partial charge in [0.05, 0.1) is 6.61 Å². The summed E-state index contributed by atoms with van der Waals surface area (Å²) in [6.07, 6.45) is 9.34. The van der Waals surface area contributed by atoms with Gasteiger partial charge in [-0.25, -0.2) is 4.79 Å². The molecule has 4 nitrogen and oxygen atoms in total. The molecule has 0 saturated heterocycles. The maximum atomic E-state index is 12.1. The Labute approximate surface area is 140 Å². The zero-order valence-corrected chi connectivity index (χ0v) is 14.8. The Morgan fingerprint density at radius 3 is 2.74 bits per heavy atom. The third-order valence-corrected chi connectivity index (χ3v) is 5.60. The molecule has 2 aliphatic rings. The molecule has 2 rings (SSSR count). The van der Waals surface area contributed by atoms with Crippen molar-refractivity contribution >= 4 is 6.16 Å². The van der Waals surface area contributed by atoms with Crippen LogP contribution in [0.2, 0.25) is 0 Å². The molecule has 1 saturated carbocycles. The van der Waals surface area contributed by atoms with Crippen LogP contribution >= 0.6 is 0 Å². The van der Waals surface area contributed by atoms with Crippen LogP contribution in [-0.4, -0.2) is 30.6 Å². The average Bonchev–Trinajstić information content (AvgIpc) is 2.53. The number of aliphatic hydroxyl groups excluding tert-OH is 1. The van der Waals surface area contributed by atoms with E-state index < -0.39 is 6.16 Å². The third-order valence-electron chi connectivity index (χ3n) is 5.60. The van der Waals surface area contributed by atoms with E-state index in [0.29, 0.717) is 17.8 Å². The van der Waals surface area contributed by atoms with E-state index in [1.54, 1.807) is 0 Å². The number of carbonyl (C=O) groups is 1. The van der Waals surface area contributed by atoms with Crippen molar-refractivity contribution in [3.63, 3.8) is 0 Å². The Bertz CT molecular complexity index is 418. The molecule has 23 heavy (non-hydrogen) atoms. The van der Waals surface area contributed by atoms with Crippen molar-refractivity contribution in [3.8, 4) is 0 Å². The number of aliphatic hydroxyl groups is 1. The molecule has 0 aliphatic heterocycles. The summed E-state index contributed by atoms with van der Waals surface area (Å²) in [4.78, 5) is 12.1. The van der Waals surface area contributed by atoms with Gasteiger partial charge >= 0.3 is 6.16 Å². The summed E-state index contributed by atoms with van der Waals surface area (Å²) in [7, 11) is 0. The van der Waals surface area contributed by atoms with Gasteiger partial charge in [-0.2, -0.15) is 0 Å². The lowest BCUT2D eigenvalue weighted by molar-refractivity contribution is -0.0509. The predicted molar refractivity (Wildman–Crippen MR) is 90.1 cm³/mol. The van der Waals surface area contributed by atoms with E-state index in [-0.39, 0.29) is 24.7 Å². The number of ether oxygens (including phenoxy) is 2. The fourth-order valence-corrected chi connectivity index (χ4v) is 3.88. The number of hydrogen-bond donors (Lipinski definition) is 1. The van der Waals surface area contributed by atoms with Crippen molar-refractivity contribution in [2.24, 2.45) is 23.2 Å². The zero-order chi connectivity index (χ0) is 16.9. The summed E-state index contributed by atoms with van der Waals surface area (Å²) >= 11 is 0. The fraction of sp³-hybridized carbons (Fsp3) is 0.842. The summed E-state index contributed by atoms with van der Waals surface area (Å²) < 4.78 is 11.0. The lowest BCUT2D eigenvalue weighted by Gasteiger charge is -2.37. The third kappa shape index (κ3) is 4.97. The zero-order valence-electron chi connectivity index (χ0n) is 14.8. The van der Waals surface area contributed by atoms with Crippen molar-refractivity contribution in [3.05, 3.63) is 12.2 Å². The number of allylic oxidation sites excluding steroid dienone is 2. The molecule has 0 aromatic rings. The van der Waals surface area contributed by atoms with Crippen molar-refractivity contribution in [2.75, 3.05) is 13.2 Å². The molecule has 4 heteroatoms. The molecule has 1 N–H and O–H groups in total. The van der Waals surface area contributed by atoms with E-state index in [0.717, 1.165) is 32.1 Å². The lowest BCUT2D eigenvalue weighted by atomic mass is 9.75. The van der Waals surface area contributed by atoms with Crippen LogP contribution in [0, 0.1) is 23.2 Å². The van der Waals surface area contributed by atoms with Gasteiger partial charge < -0.3 is 14.6 Å². The highest BCUT2D eigenvalue weighted by Crippen LogP contribution is 2.36. The largest absolute Gasteiger partial charge is 0.508 e. The fourth-order valence-electron chi connectivity index (χ4n) is 3.88. The molecular weight excluding hydrogens is 292 g/mol. The average molecular weight is 324 g/mol. The molecular formula is C19H32O4. The van der Waals surface area contributed by atoms with Crippen LogP contribution in [0.1, 0.15) is 59.3 Å². The monoisotopic (exact) mass is 324 g/mol. The minimum Gasteiger partial charge on any atom is -0.434 e. The predicted octanol–water partition coefficient (Wildman–Crippen LogP) is 4.32. The Morgan fingerprint density at radius 1 is 1.35 bits per heavy atom. The summed E-state index contributed by atoms with van der Waals surface area (Å²) in [6.45, 7) is 6.88. The first-order valence-corrected chi connectivity index (χ1v) is 9.05. The van der Waals surface area contributed by atoms with Gasteiger partial charge in [0.2, 0.25) is 0 Å². The van der Waals surface area contributed by atoms with E-state index >= 15 is 0 Å². The molecule has 0 spiro atoms. The summed E-state index contributed by atoms with van der Waals surface area (Å²) in [6, 6.07) is 0. The molecule has 0 bridgehead atoms. The van der Waals surface area contributed by atoms with E-state index in [9.17, 15) is 9.90 Å². The minimum atomic E-state index is -0.572. The molecule has 2 aliphatic carbocycles. The first-order chi connectivity index (χ1) is 11.0. The Morgan fingerprint density at radius 2 is 2.13 bits per heavy atom. The van der Waals surface area contributed by atoms with Gasteiger partial charge in [0.15, 0.2) is 0 Å². The molecule has 1 fully saturated rings. The summed E-state index contributed by atoms with van der Waals surface area (Å²) in [5, 5.41) is 9.66. The normalized spacial score (nSPS) is 34.4. The van der Waals surface area contributed by atoms with Crippen LogP contribution in [0.3, 0.4) is 0 Å². The van der Waals surface area contributed by atoms with Gasteiger partial charge in [-0.05, 0) is 49.9 Å². The van der Waals surface area contributed by atoms with Crippen molar-refractivity contribution in [1.29, 1.82) is 0 Å². The summed E-state index contributed by atoms with van der Waals surface area (Å²) in [5.74, 6) is 1.52.